The van der Waals surface area contributed by atoms with Crippen molar-refractivity contribution < 1.29 is 18.8 Å². The number of fused-ring (bicyclic) bond motifs is 1. The van der Waals surface area contributed by atoms with Crippen LogP contribution < -0.4 is 14.9 Å². The van der Waals surface area contributed by atoms with E-state index in [1.54, 1.807) is 14.2 Å². The minimum absolute atomic E-state index is 0.364. The molecule has 1 saturated heterocycles. The molecule has 0 unspecified atom stereocenters. The molecule has 1 fully saturated rings. The highest BCUT2D eigenvalue weighted by Gasteiger charge is 2.51. The van der Waals surface area contributed by atoms with E-state index in [4.69, 9.17) is 18.8 Å². The molecule has 0 bridgehead atoms. The van der Waals surface area contributed by atoms with Crippen molar-refractivity contribution >= 4 is 23.4 Å². The van der Waals surface area contributed by atoms with Crippen LogP contribution in [-0.2, 0) is 9.31 Å². The highest BCUT2D eigenvalue weighted by Crippen LogP contribution is 2.41. The zero-order valence-corrected chi connectivity index (χ0v) is 21.2. The predicted octanol–water partition coefficient (Wildman–Crippen LogP) is 6.49. The minimum atomic E-state index is -0.377. The number of rotatable bonds is 5. The fourth-order valence-corrected chi connectivity index (χ4v) is 4.63. The third-order valence-corrected chi connectivity index (χ3v) is 7.35. The van der Waals surface area contributed by atoms with Crippen LogP contribution in [0, 0.1) is 0 Å². The molecule has 4 aromatic rings. The van der Waals surface area contributed by atoms with E-state index in [0.29, 0.717) is 0 Å². The predicted molar refractivity (Wildman–Crippen MR) is 144 cm³/mol. The summed E-state index contributed by atoms with van der Waals surface area (Å²) >= 11 is 0. The second-order valence-electron chi connectivity index (χ2n) is 9.99. The lowest BCUT2D eigenvalue weighted by atomic mass is 9.78. The van der Waals surface area contributed by atoms with E-state index < -0.39 is 0 Å². The Hall–Kier alpha value is -3.28. The van der Waals surface area contributed by atoms with E-state index in [1.807, 2.05) is 18.2 Å². The summed E-state index contributed by atoms with van der Waals surface area (Å²) in [5.74, 6) is 1.60. The molecule has 0 radical (unpaired) electrons. The van der Waals surface area contributed by atoms with E-state index in [-0.39, 0.29) is 18.3 Å². The number of benzene rings is 4. The molecule has 5 rings (SSSR count). The Morgan fingerprint density at radius 3 is 1.89 bits per heavy atom. The van der Waals surface area contributed by atoms with Crippen molar-refractivity contribution in [2.24, 2.45) is 0 Å². The lowest BCUT2D eigenvalue weighted by Gasteiger charge is -2.32. The summed E-state index contributed by atoms with van der Waals surface area (Å²) in [6, 6.07) is 27.2. The third-order valence-electron chi connectivity index (χ3n) is 7.35. The maximum atomic E-state index is 6.24. The van der Waals surface area contributed by atoms with E-state index in [2.05, 4.69) is 88.4 Å². The van der Waals surface area contributed by atoms with E-state index in [9.17, 15) is 0 Å². The zero-order chi connectivity index (χ0) is 24.8. The Morgan fingerprint density at radius 1 is 0.657 bits per heavy atom. The highest BCUT2D eigenvalue weighted by molar-refractivity contribution is 6.62. The summed E-state index contributed by atoms with van der Waals surface area (Å²) in [6.45, 7) is 8.30. The Bertz CT molecular complexity index is 1350. The van der Waals surface area contributed by atoms with Crippen LogP contribution in [-0.4, -0.2) is 32.5 Å². The number of hydrogen-bond donors (Lipinski definition) is 0. The maximum Gasteiger partial charge on any atom is 0.494 e. The molecule has 1 aliphatic rings. The van der Waals surface area contributed by atoms with Gasteiger partial charge in [0.25, 0.3) is 0 Å². The highest BCUT2D eigenvalue weighted by atomic mass is 16.7. The van der Waals surface area contributed by atoms with Gasteiger partial charge in [-0.1, -0.05) is 60.7 Å². The fourth-order valence-electron chi connectivity index (χ4n) is 4.63. The summed E-state index contributed by atoms with van der Waals surface area (Å²) in [5.41, 5.74) is 4.67. The number of ether oxygens (including phenoxy) is 2. The second-order valence-corrected chi connectivity index (χ2v) is 9.99. The van der Waals surface area contributed by atoms with Crippen molar-refractivity contribution in [3.63, 3.8) is 0 Å². The SMILES string of the molecule is COc1ccc(OC)c(-c2cccc3cccc(-c4ccc(B5OC(C)(C)C(C)(C)O5)cc4)c23)c1. The Labute approximate surface area is 207 Å². The molecule has 0 saturated carbocycles. The summed E-state index contributed by atoms with van der Waals surface area (Å²) in [5, 5.41) is 2.34. The molecule has 5 heteroatoms. The van der Waals surface area contributed by atoms with Gasteiger partial charge in [0, 0.05) is 5.56 Å². The molecule has 0 N–H and O–H groups in total. The normalized spacial score (nSPS) is 16.5. The topological polar surface area (TPSA) is 36.9 Å². The second kappa shape index (κ2) is 8.74. The first-order chi connectivity index (χ1) is 16.7. The fraction of sp³-hybridized carbons (Fsp3) is 0.267. The van der Waals surface area contributed by atoms with Crippen LogP contribution in [0.1, 0.15) is 27.7 Å². The lowest BCUT2D eigenvalue weighted by Crippen LogP contribution is -2.41. The zero-order valence-electron chi connectivity index (χ0n) is 21.2. The van der Waals surface area contributed by atoms with E-state index >= 15 is 0 Å². The molecule has 178 valence electrons. The average molecular weight is 466 g/mol. The summed E-state index contributed by atoms with van der Waals surface area (Å²) in [7, 11) is 3.01. The smallest absolute Gasteiger partial charge is 0.494 e. The molecule has 4 nitrogen and oxygen atoms in total. The van der Waals surface area contributed by atoms with Crippen molar-refractivity contribution in [3.05, 3.63) is 78.9 Å². The molecule has 0 atom stereocenters. The van der Waals surface area contributed by atoms with Crippen molar-refractivity contribution in [1.82, 2.24) is 0 Å². The van der Waals surface area contributed by atoms with E-state index in [1.165, 1.54) is 10.8 Å². The minimum Gasteiger partial charge on any atom is -0.497 e. The molecule has 0 spiro atoms. The van der Waals surface area contributed by atoms with Crippen LogP contribution in [0.2, 0.25) is 0 Å². The third kappa shape index (κ3) is 4.09. The Balaban J connectivity index is 1.60. The Morgan fingerprint density at radius 2 is 1.29 bits per heavy atom. The monoisotopic (exact) mass is 466 g/mol. The maximum absolute atomic E-state index is 6.24. The van der Waals surface area contributed by atoms with Crippen LogP contribution in [0.3, 0.4) is 0 Å². The van der Waals surface area contributed by atoms with Crippen molar-refractivity contribution in [2.45, 2.75) is 38.9 Å². The molecular formula is C30H31BO4. The van der Waals surface area contributed by atoms with Gasteiger partial charge >= 0.3 is 7.12 Å². The molecule has 0 aromatic heterocycles. The van der Waals surface area contributed by atoms with Gasteiger partial charge in [0.2, 0.25) is 0 Å². The van der Waals surface area contributed by atoms with Gasteiger partial charge in [-0.3, -0.25) is 0 Å². The van der Waals surface area contributed by atoms with Gasteiger partial charge in [-0.25, -0.2) is 0 Å². The quantitative estimate of drug-likeness (QED) is 0.315. The first-order valence-electron chi connectivity index (χ1n) is 11.9. The average Bonchev–Trinajstić information content (AvgIpc) is 3.09. The largest absolute Gasteiger partial charge is 0.497 e. The molecule has 35 heavy (non-hydrogen) atoms. The summed E-state index contributed by atoms with van der Waals surface area (Å²) in [4.78, 5) is 0. The van der Waals surface area contributed by atoms with Crippen LogP contribution >= 0.6 is 0 Å². The molecule has 0 amide bonds. The van der Waals surface area contributed by atoms with Crippen LogP contribution in [0.15, 0.2) is 78.9 Å². The van der Waals surface area contributed by atoms with Crippen LogP contribution in [0.25, 0.3) is 33.0 Å². The molecule has 0 aliphatic carbocycles. The van der Waals surface area contributed by atoms with Gasteiger partial charge in [-0.2, -0.15) is 0 Å². The van der Waals surface area contributed by atoms with Crippen molar-refractivity contribution in [2.75, 3.05) is 14.2 Å². The number of methoxy groups -OCH3 is 2. The van der Waals surface area contributed by atoms with Crippen LogP contribution in [0.4, 0.5) is 0 Å². The molecule has 1 heterocycles. The molecular weight excluding hydrogens is 435 g/mol. The molecule has 1 aliphatic heterocycles. The summed E-state index contributed by atoms with van der Waals surface area (Å²) in [6.07, 6.45) is 0. The van der Waals surface area contributed by atoms with Gasteiger partial charge in [0.15, 0.2) is 0 Å². The van der Waals surface area contributed by atoms with Gasteiger partial charge in [-0.05, 0) is 78.8 Å². The Kier molecular flexibility index (Phi) is 5.86. The van der Waals surface area contributed by atoms with Crippen molar-refractivity contribution in [1.29, 1.82) is 0 Å². The van der Waals surface area contributed by atoms with Gasteiger partial charge in [-0.15, -0.1) is 0 Å². The van der Waals surface area contributed by atoms with Crippen molar-refractivity contribution in [3.8, 4) is 33.8 Å². The first-order valence-corrected chi connectivity index (χ1v) is 11.9. The molecule has 4 aromatic carbocycles. The van der Waals surface area contributed by atoms with E-state index in [0.717, 1.165) is 39.2 Å². The standard InChI is InChI=1S/C30H31BO4/c1-29(2)30(3,4)35-31(34-29)22-15-13-20(14-16-22)24-11-7-9-21-10-8-12-25(28(21)24)26-19-23(32-5)17-18-27(26)33-6/h7-19H,1-6H3. The van der Waals surface area contributed by atoms with Crippen LogP contribution in [0.5, 0.6) is 11.5 Å². The van der Waals surface area contributed by atoms with Gasteiger partial charge < -0.3 is 18.8 Å². The summed E-state index contributed by atoms with van der Waals surface area (Å²) < 4.78 is 23.7. The first kappa shape index (κ1) is 23.5. The lowest BCUT2D eigenvalue weighted by molar-refractivity contribution is 0.00578. The number of hydrogen-bond acceptors (Lipinski definition) is 4. The van der Waals surface area contributed by atoms with Gasteiger partial charge in [0.05, 0.1) is 25.4 Å². The van der Waals surface area contributed by atoms with Gasteiger partial charge in [0.1, 0.15) is 11.5 Å².